The van der Waals surface area contributed by atoms with Gasteiger partial charge < -0.3 is 9.84 Å². The Kier molecular flexibility index (Phi) is 4.84. The third kappa shape index (κ3) is 3.66. The van der Waals surface area contributed by atoms with Crippen molar-refractivity contribution < 1.29 is 19.4 Å². The highest BCUT2D eigenvalue weighted by molar-refractivity contribution is 5.80. The van der Waals surface area contributed by atoms with E-state index in [-0.39, 0.29) is 6.61 Å². The van der Waals surface area contributed by atoms with Gasteiger partial charge in [0.25, 0.3) is 0 Å². The number of carbonyl (C=O) groups excluding carboxylic acids is 1. The molecule has 1 aromatic rings. The molecule has 0 aromatic heterocycles. The highest BCUT2D eigenvalue weighted by Crippen LogP contribution is 2.38. The highest BCUT2D eigenvalue weighted by Gasteiger charge is 2.42. The second-order valence-electron chi connectivity index (χ2n) is 6.59. The lowest BCUT2D eigenvalue weighted by Gasteiger charge is -2.43. The van der Waals surface area contributed by atoms with Crippen molar-refractivity contribution in [3.63, 3.8) is 0 Å². The first-order valence-corrected chi connectivity index (χ1v) is 8.35. The number of carboxylic acids is 1. The van der Waals surface area contributed by atoms with Gasteiger partial charge in [0.15, 0.2) is 0 Å². The smallest absolute Gasteiger partial charge is 0.410 e. The largest absolute Gasteiger partial charge is 0.480 e. The molecule has 2 fully saturated rings. The Bertz CT molecular complexity index is 559. The van der Waals surface area contributed by atoms with E-state index in [9.17, 15) is 14.7 Å². The second kappa shape index (κ2) is 7.02. The molecule has 3 atom stereocenters. The van der Waals surface area contributed by atoms with E-state index in [2.05, 4.69) is 0 Å². The van der Waals surface area contributed by atoms with Crippen molar-refractivity contribution in [1.29, 1.82) is 0 Å². The SMILES string of the molecule is O=C(O)[C@@H]1C[C@@H]2CCCC[C@@H]2CN1C(=O)OCc1ccccc1. The molecule has 0 unspecified atom stereocenters. The molecule has 1 saturated carbocycles. The Labute approximate surface area is 136 Å². The van der Waals surface area contributed by atoms with Gasteiger partial charge in [-0.3, -0.25) is 4.90 Å². The van der Waals surface area contributed by atoms with E-state index >= 15 is 0 Å². The van der Waals surface area contributed by atoms with E-state index in [1.165, 1.54) is 17.7 Å². The molecule has 1 N–H and O–H groups in total. The molecule has 1 saturated heterocycles. The zero-order valence-electron chi connectivity index (χ0n) is 13.2. The normalized spacial score (nSPS) is 27.1. The van der Waals surface area contributed by atoms with Crippen LogP contribution >= 0.6 is 0 Å². The maximum Gasteiger partial charge on any atom is 0.410 e. The summed E-state index contributed by atoms with van der Waals surface area (Å²) in [5.41, 5.74) is 0.903. The summed E-state index contributed by atoms with van der Waals surface area (Å²) in [7, 11) is 0. The van der Waals surface area contributed by atoms with E-state index in [0.717, 1.165) is 18.4 Å². The predicted molar refractivity (Wildman–Crippen MR) is 84.8 cm³/mol. The van der Waals surface area contributed by atoms with E-state index in [0.29, 0.717) is 24.8 Å². The van der Waals surface area contributed by atoms with Crippen molar-refractivity contribution in [2.45, 2.75) is 44.8 Å². The Morgan fingerprint density at radius 3 is 2.52 bits per heavy atom. The Hall–Kier alpha value is -2.04. The lowest BCUT2D eigenvalue weighted by atomic mass is 9.73. The average Bonchev–Trinajstić information content (AvgIpc) is 2.59. The molecule has 5 nitrogen and oxygen atoms in total. The van der Waals surface area contributed by atoms with Gasteiger partial charge in [-0.1, -0.05) is 49.6 Å². The Morgan fingerprint density at radius 1 is 1.13 bits per heavy atom. The molecule has 1 heterocycles. The topological polar surface area (TPSA) is 66.8 Å². The van der Waals surface area contributed by atoms with Crippen molar-refractivity contribution >= 4 is 12.1 Å². The van der Waals surface area contributed by atoms with Crippen LogP contribution in [0.5, 0.6) is 0 Å². The van der Waals surface area contributed by atoms with Crippen molar-refractivity contribution in [3.8, 4) is 0 Å². The minimum Gasteiger partial charge on any atom is -0.480 e. The van der Waals surface area contributed by atoms with E-state index in [1.807, 2.05) is 30.3 Å². The molecule has 1 aliphatic heterocycles. The van der Waals surface area contributed by atoms with Crippen LogP contribution in [0.1, 0.15) is 37.7 Å². The minimum absolute atomic E-state index is 0.177. The van der Waals surface area contributed by atoms with Gasteiger partial charge >= 0.3 is 12.1 Å². The number of amides is 1. The van der Waals surface area contributed by atoms with Crippen molar-refractivity contribution in [2.24, 2.45) is 11.8 Å². The first kappa shape index (κ1) is 15.8. The molecule has 0 spiro atoms. The van der Waals surface area contributed by atoms with Crippen LogP contribution in [0.25, 0.3) is 0 Å². The van der Waals surface area contributed by atoms with Crippen molar-refractivity contribution in [2.75, 3.05) is 6.54 Å². The number of benzene rings is 1. The summed E-state index contributed by atoms with van der Waals surface area (Å²) < 4.78 is 5.35. The summed E-state index contributed by atoms with van der Waals surface area (Å²) in [5, 5.41) is 9.48. The number of hydrogen-bond acceptors (Lipinski definition) is 3. The predicted octanol–water partition coefficient (Wildman–Crippen LogP) is 3.29. The number of carboxylic acid groups (broad SMARTS) is 1. The quantitative estimate of drug-likeness (QED) is 0.929. The van der Waals surface area contributed by atoms with Crippen molar-refractivity contribution in [1.82, 2.24) is 4.90 Å². The number of ether oxygens (including phenoxy) is 1. The number of rotatable bonds is 3. The zero-order valence-corrected chi connectivity index (χ0v) is 13.2. The Balaban J connectivity index is 1.65. The third-order valence-corrected chi connectivity index (χ3v) is 5.12. The number of fused-ring (bicyclic) bond motifs is 1. The molecule has 0 radical (unpaired) electrons. The van der Waals surface area contributed by atoms with Crippen LogP contribution in [-0.4, -0.2) is 34.7 Å². The van der Waals surface area contributed by atoms with Crippen LogP contribution in [0.2, 0.25) is 0 Å². The molecule has 1 aromatic carbocycles. The zero-order chi connectivity index (χ0) is 16.2. The van der Waals surface area contributed by atoms with Gasteiger partial charge in [-0.2, -0.15) is 0 Å². The van der Waals surface area contributed by atoms with Crippen LogP contribution in [0, 0.1) is 11.8 Å². The average molecular weight is 317 g/mol. The first-order chi connectivity index (χ1) is 11.1. The van der Waals surface area contributed by atoms with E-state index in [1.54, 1.807) is 0 Å². The summed E-state index contributed by atoms with van der Waals surface area (Å²) in [6.07, 6.45) is 4.56. The van der Waals surface area contributed by atoms with E-state index < -0.39 is 18.1 Å². The molecule has 23 heavy (non-hydrogen) atoms. The fourth-order valence-electron chi connectivity index (χ4n) is 3.87. The van der Waals surface area contributed by atoms with Gasteiger partial charge in [0.05, 0.1) is 0 Å². The number of aliphatic carboxylic acids is 1. The van der Waals surface area contributed by atoms with Crippen LogP contribution in [0.3, 0.4) is 0 Å². The highest BCUT2D eigenvalue weighted by atomic mass is 16.6. The van der Waals surface area contributed by atoms with Gasteiger partial charge in [-0.25, -0.2) is 9.59 Å². The molecule has 0 bridgehead atoms. The summed E-state index contributed by atoms with van der Waals surface area (Å²) in [6.45, 7) is 0.686. The summed E-state index contributed by atoms with van der Waals surface area (Å²) in [4.78, 5) is 25.4. The van der Waals surface area contributed by atoms with Gasteiger partial charge in [-0.15, -0.1) is 0 Å². The Morgan fingerprint density at radius 2 is 1.83 bits per heavy atom. The third-order valence-electron chi connectivity index (χ3n) is 5.12. The van der Waals surface area contributed by atoms with Crippen LogP contribution in [0.4, 0.5) is 4.79 Å². The van der Waals surface area contributed by atoms with E-state index in [4.69, 9.17) is 4.74 Å². The van der Waals surface area contributed by atoms with Crippen LogP contribution < -0.4 is 0 Å². The molecular formula is C18H23NO4. The number of nitrogens with zero attached hydrogens (tertiary/aromatic N) is 1. The van der Waals surface area contributed by atoms with Gasteiger partial charge in [0, 0.05) is 6.54 Å². The van der Waals surface area contributed by atoms with Crippen LogP contribution in [-0.2, 0) is 16.1 Å². The van der Waals surface area contributed by atoms with Gasteiger partial charge in [0.1, 0.15) is 12.6 Å². The maximum absolute atomic E-state index is 12.4. The molecule has 5 heteroatoms. The minimum atomic E-state index is -0.925. The molecular weight excluding hydrogens is 294 g/mol. The molecule has 1 aliphatic carbocycles. The number of carbonyl (C=O) groups is 2. The second-order valence-corrected chi connectivity index (χ2v) is 6.59. The molecule has 3 rings (SSSR count). The number of likely N-dealkylation sites (tertiary alicyclic amines) is 1. The number of piperidine rings is 1. The lowest BCUT2D eigenvalue weighted by molar-refractivity contribution is -0.146. The van der Waals surface area contributed by atoms with Crippen molar-refractivity contribution in [3.05, 3.63) is 35.9 Å². The van der Waals surface area contributed by atoms with Crippen LogP contribution in [0.15, 0.2) is 30.3 Å². The maximum atomic E-state index is 12.4. The summed E-state index contributed by atoms with van der Waals surface area (Å²) >= 11 is 0. The summed E-state index contributed by atoms with van der Waals surface area (Å²) in [5.74, 6) is -0.0719. The molecule has 1 amide bonds. The fraction of sp³-hybridized carbons (Fsp3) is 0.556. The van der Waals surface area contributed by atoms with Gasteiger partial charge in [-0.05, 0) is 30.2 Å². The number of hydrogen-bond donors (Lipinski definition) is 1. The molecule has 124 valence electrons. The summed E-state index contributed by atoms with van der Waals surface area (Å²) in [6, 6.07) is 8.69. The lowest BCUT2D eigenvalue weighted by Crippen LogP contribution is -2.54. The fourth-order valence-corrected chi connectivity index (χ4v) is 3.87. The molecule has 2 aliphatic rings. The first-order valence-electron chi connectivity index (χ1n) is 8.35. The standard InChI is InChI=1S/C18H23NO4/c20-17(21)16-10-14-8-4-5-9-15(14)11-19(16)18(22)23-12-13-6-2-1-3-7-13/h1-3,6-7,14-16H,4-5,8-12H2,(H,20,21)/t14-,15+,16-/m0/s1. The monoisotopic (exact) mass is 317 g/mol. The van der Waals surface area contributed by atoms with Gasteiger partial charge in [0.2, 0.25) is 0 Å².